The van der Waals surface area contributed by atoms with Crippen LogP contribution in [0.25, 0.3) is 11.3 Å². The zero-order chi connectivity index (χ0) is 27.9. The molecule has 0 bridgehead atoms. The van der Waals surface area contributed by atoms with Crippen molar-refractivity contribution in [1.82, 2.24) is 10.2 Å². The number of benzene rings is 2. The molecule has 1 saturated carbocycles. The summed E-state index contributed by atoms with van der Waals surface area (Å²) in [6.07, 6.45) is -2.74. The predicted molar refractivity (Wildman–Crippen MR) is 130 cm³/mol. The number of ether oxygens (including phenoxy) is 2. The normalized spacial score (nSPS) is 13.6. The van der Waals surface area contributed by atoms with E-state index in [4.69, 9.17) is 31.0 Å². The number of aromatic nitrogens is 2. The van der Waals surface area contributed by atoms with Crippen LogP contribution in [0.15, 0.2) is 48.5 Å². The van der Waals surface area contributed by atoms with E-state index in [2.05, 4.69) is 21.2 Å². The first kappa shape index (κ1) is 28.8. The second-order valence-electron chi connectivity index (χ2n) is 8.38. The highest BCUT2D eigenvalue weighted by atomic mass is 35.5. The van der Waals surface area contributed by atoms with Crippen LogP contribution in [-0.2, 0) is 15.0 Å². The molecule has 0 radical (unpaired) electrons. The van der Waals surface area contributed by atoms with Gasteiger partial charge in [0.25, 0.3) is 0 Å². The summed E-state index contributed by atoms with van der Waals surface area (Å²) in [5.41, 5.74) is 5.76. The van der Waals surface area contributed by atoms with Gasteiger partial charge in [0.1, 0.15) is 17.5 Å². The average molecular weight is 555 g/mol. The Morgan fingerprint density at radius 1 is 1.18 bits per heavy atom. The molecule has 0 aliphatic heterocycles. The van der Waals surface area contributed by atoms with E-state index in [1.807, 2.05) is 42.5 Å². The number of aliphatic carboxylic acids is 1. The fourth-order valence-corrected chi connectivity index (χ4v) is 3.77. The van der Waals surface area contributed by atoms with Crippen LogP contribution in [0.4, 0.5) is 19.0 Å². The van der Waals surface area contributed by atoms with Crippen LogP contribution < -0.4 is 25.6 Å². The Morgan fingerprint density at radius 2 is 1.82 bits per heavy atom. The summed E-state index contributed by atoms with van der Waals surface area (Å²) in [4.78, 5) is 21.8. The quantitative estimate of drug-likeness (QED) is 0.347. The maximum Gasteiger partial charge on any atom is 0.430 e. The number of quaternary nitrogens is 1. The smallest absolute Gasteiger partial charge is 0.430 e. The van der Waals surface area contributed by atoms with Gasteiger partial charge in [0, 0.05) is 17.5 Å². The van der Waals surface area contributed by atoms with E-state index in [9.17, 15) is 18.0 Å². The van der Waals surface area contributed by atoms with Gasteiger partial charge in [-0.1, -0.05) is 29.8 Å². The fourth-order valence-electron chi connectivity index (χ4n) is 3.64. The van der Waals surface area contributed by atoms with Crippen molar-refractivity contribution in [2.45, 2.75) is 30.9 Å². The van der Waals surface area contributed by atoms with Gasteiger partial charge < -0.3 is 30.4 Å². The minimum absolute atomic E-state index is 0.0696. The molecule has 4 rings (SSSR count). The number of H-pyrrole nitrogens is 1. The lowest BCUT2D eigenvalue weighted by Crippen LogP contribution is -2.50. The van der Waals surface area contributed by atoms with Crippen molar-refractivity contribution in [3.05, 3.63) is 59.1 Å². The van der Waals surface area contributed by atoms with Crippen molar-refractivity contribution in [1.29, 1.82) is 0 Å². The molecule has 1 fully saturated rings. The monoisotopic (exact) mass is 554 g/mol. The van der Waals surface area contributed by atoms with Gasteiger partial charge in [0.05, 0.1) is 36.9 Å². The van der Waals surface area contributed by atoms with E-state index < -0.39 is 17.6 Å². The van der Waals surface area contributed by atoms with E-state index in [0.29, 0.717) is 34.6 Å². The molecule has 5 N–H and O–H groups in total. The molecule has 1 aromatic heterocycles. The number of hydrogen-bond donors (Lipinski definition) is 3. The SMILES string of the molecule is COc1cccc(OCCC[NH3+])c1-c1cc(NC(=O)C2(c3ccc(Cl)cc3)CC2)n[nH]1.O=C([O-])C(F)(F)F. The predicted octanol–water partition coefficient (Wildman–Crippen LogP) is 2.72. The number of carbonyl (C=O) groups excluding carboxylic acids is 2. The molecule has 3 aromatic rings. The second-order valence-corrected chi connectivity index (χ2v) is 8.82. The lowest BCUT2D eigenvalue weighted by Gasteiger charge is -2.15. The molecule has 0 spiro atoms. The van der Waals surface area contributed by atoms with Gasteiger partial charge in [0.2, 0.25) is 5.91 Å². The first-order valence-corrected chi connectivity index (χ1v) is 11.9. The van der Waals surface area contributed by atoms with Crippen LogP contribution in [0.3, 0.4) is 0 Å². The number of nitrogens with one attached hydrogen (secondary N) is 2. The van der Waals surface area contributed by atoms with Gasteiger partial charge in [-0.15, -0.1) is 0 Å². The minimum atomic E-state index is -5.19. The highest BCUT2D eigenvalue weighted by Crippen LogP contribution is 2.49. The number of methoxy groups -OCH3 is 1. The summed E-state index contributed by atoms with van der Waals surface area (Å²) in [6.45, 7) is 1.36. The third kappa shape index (κ3) is 6.95. The Balaban J connectivity index is 0.000000505. The van der Waals surface area contributed by atoms with Gasteiger partial charge in [0.15, 0.2) is 5.82 Å². The average Bonchev–Trinajstić information content (AvgIpc) is 3.57. The van der Waals surface area contributed by atoms with Crippen molar-refractivity contribution in [3.8, 4) is 22.8 Å². The molecular formula is C25H26ClF3N4O5. The molecule has 13 heteroatoms. The number of rotatable bonds is 9. The number of amides is 1. The van der Waals surface area contributed by atoms with Crippen molar-refractivity contribution >= 4 is 29.3 Å². The summed E-state index contributed by atoms with van der Waals surface area (Å²) in [7, 11) is 1.61. The van der Waals surface area contributed by atoms with Crippen molar-refractivity contribution in [3.63, 3.8) is 0 Å². The number of alkyl halides is 3. The maximum absolute atomic E-state index is 13.0. The first-order valence-electron chi connectivity index (χ1n) is 11.5. The number of carboxylic acid groups (broad SMARTS) is 1. The summed E-state index contributed by atoms with van der Waals surface area (Å²) >= 11 is 5.99. The molecule has 0 saturated heterocycles. The van der Waals surface area contributed by atoms with E-state index >= 15 is 0 Å². The lowest BCUT2D eigenvalue weighted by atomic mass is 9.95. The number of hydrogen-bond acceptors (Lipinski definition) is 6. The van der Waals surface area contributed by atoms with E-state index in [1.165, 1.54) is 0 Å². The number of aromatic amines is 1. The number of carbonyl (C=O) groups is 2. The van der Waals surface area contributed by atoms with Gasteiger partial charge in [-0.05, 0) is 42.7 Å². The van der Waals surface area contributed by atoms with E-state index in [0.717, 1.165) is 36.9 Å². The Hall–Kier alpha value is -3.77. The Morgan fingerprint density at radius 3 is 2.37 bits per heavy atom. The Bertz CT molecular complexity index is 1260. The van der Waals surface area contributed by atoms with Crippen molar-refractivity contribution < 1.29 is 43.1 Å². The van der Waals surface area contributed by atoms with Gasteiger partial charge in [-0.25, -0.2) is 0 Å². The molecule has 9 nitrogen and oxygen atoms in total. The van der Waals surface area contributed by atoms with Gasteiger partial charge in [-0.3, -0.25) is 9.89 Å². The molecule has 0 atom stereocenters. The fraction of sp³-hybridized carbons (Fsp3) is 0.320. The standard InChI is InChI=1S/C23H25ClN4O3.C2HF3O2/c1-30-18-4-2-5-19(31-13-3-12-25)21(18)17-14-20(28-27-17)26-22(29)23(10-11-23)15-6-8-16(24)9-7-15;3-2(4,5)1(6)7/h2,4-9,14H,3,10-13,25H2,1H3,(H2,26,27,28,29);(H,6,7). The third-order valence-electron chi connectivity index (χ3n) is 5.76. The van der Waals surface area contributed by atoms with E-state index in [1.54, 1.807) is 13.2 Å². The van der Waals surface area contributed by atoms with Gasteiger partial charge >= 0.3 is 6.18 Å². The number of nitrogens with zero attached hydrogens (tertiary/aromatic N) is 1. The van der Waals surface area contributed by atoms with Crippen LogP contribution >= 0.6 is 11.6 Å². The summed E-state index contributed by atoms with van der Waals surface area (Å²) in [6, 6.07) is 14.9. The largest absolute Gasteiger partial charge is 0.542 e. The highest BCUT2D eigenvalue weighted by molar-refractivity contribution is 6.30. The second kappa shape index (κ2) is 12.2. The Labute approximate surface area is 221 Å². The first-order chi connectivity index (χ1) is 18.0. The molecular weight excluding hydrogens is 529 g/mol. The summed E-state index contributed by atoms with van der Waals surface area (Å²) in [5, 5.41) is 19.7. The van der Waals surface area contributed by atoms with Crippen LogP contribution in [0.1, 0.15) is 24.8 Å². The van der Waals surface area contributed by atoms with Crippen molar-refractivity contribution in [2.75, 3.05) is 25.6 Å². The van der Waals surface area contributed by atoms with Crippen LogP contribution in [-0.4, -0.2) is 48.5 Å². The number of carboxylic acids is 1. The Kier molecular flexibility index (Phi) is 9.23. The van der Waals surface area contributed by atoms with Crippen LogP contribution in [0.5, 0.6) is 11.5 Å². The molecule has 38 heavy (non-hydrogen) atoms. The zero-order valence-corrected chi connectivity index (χ0v) is 21.1. The third-order valence-corrected chi connectivity index (χ3v) is 6.01. The summed E-state index contributed by atoms with van der Waals surface area (Å²) < 4.78 is 43.0. The topological polar surface area (TPSA) is 144 Å². The van der Waals surface area contributed by atoms with Crippen LogP contribution in [0, 0.1) is 0 Å². The number of halogens is 4. The minimum Gasteiger partial charge on any atom is -0.542 e. The zero-order valence-electron chi connectivity index (χ0n) is 20.4. The molecule has 0 unspecified atom stereocenters. The highest BCUT2D eigenvalue weighted by Gasteiger charge is 2.51. The molecule has 1 aliphatic rings. The maximum atomic E-state index is 13.0. The molecule has 1 heterocycles. The lowest BCUT2D eigenvalue weighted by molar-refractivity contribution is -0.368. The van der Waals surface area contributed by atoms with Crippen molar-refractivity contribution in [2.24, 2.45) is 0 Å². The summed E-state index contributed by atoms with van der Waals surface area (Å²) in [5.74, 6) is -1.27. The van der Waals surface area contributed by atoms with E-state index in [-0.39, 0.29) is 5.91 Å². The molecule has 1 amide bonds. The molecule has 2 aromatic carbocycles. The molecule has 204 valence electrons. The van der Waals surface area contributed by atoms with Gasteiger partial charge in [-0.2, -0.15) is 18.3 Å². The van der Waals surface area contributed by atoms with Crippen LogP contribution in [0.2, 0.25) is 5.02 Å². The number of anilines is 1. The molecule has 1 aliphatic carbocycles.